The second kappa shape index (κ2) is 6.95. The van der Waals surface area contributed by atoms with E-state index in [1.807, 2.05) is 0 Å². The van der Waals surface area contributed by atoms with E-state index in [1.54, 1.807) is 13.0 Å². The number of carbonyl (C=O) groups excluding carboxylic acids is 2. The molecule has 122 valence electrons. The number of ether oxygens (including phenoxy) is 3. The zero-order valence-electron chi connectivity index (χ0n) is 12.8. The molecule has 2 aromatic rings. The first-order valence-electron chi connectivity index (χ1n) is 6.64. The second-order valence-corrected chi connectivity index (χ2v) is 4.64. The van der Waals surface area contributed by atoms with Crippen LogP contribution in [0.5, 0.6) is 5.75 Å². The molecule has 2 rings (SSSR count). The first kappa shape index (κ1) is 16.5. The predicted octanol–water partition coefficient (Wildman–Crippen LogP) is 2.88. The van der Waals surface area contributed by atoms with Crippen LogP contribution in [0.1, 0.15) is 32.2 Å². The highest BCUT2D eigenvalue weighted by Crippen LogP contribution is 2.20. The van der Waals surface area contributed by atoms with Crippen molar-refractivity contribution in [2.75, 3.05) is 14.2 Å². The predicted molar refractivity (Wildman–Crippen MR) is 76.9 cm³/mol. The summed E-state index contributed by atoms with van der Waals surface area (Å²) < 4.78 is 33.2. The molecule has 1 aromatic carbocycles. The van der Waals surface area contributed by atoms with Crippen LogP contribution in [-0.2, 0) is 16.1 Å². The van der Waals surface area contributed by atoms with Crippen LogP contribution in [-0.4, -0.2) is 26.2 Å². The molecule has 0 fully saturated rings. The van der Waals surface area contributed by atoms with Crippen LogP contribution in [0.15, 0.2) is 28.7 Å². The lowest BCUT2D eigenvalue weighted by atomic mass is 10.2. The van der Waals surface area contributed by atoms with Crippen LogP contribution in [0.2, 0.25) is 0 Å². The maximum Gasteiger partial charge on any atom is 0.374 e. The lowest BCUT2D eigenvalue weighted by Gasteiger charge is -2.05. The third-order valence-corrected chi connectivity index (χ3v) is 3.07. The summed E-state index contributed by atoms with van der Waals surface area (Å²) in [4.78, 5) is 23.3. The molecule has 0 aliphatic carbocycles. The van der Waals surface area contributed by atoms with Crippen molar-refractivity contribution in [1.29, 1.82) is 0 Å². The van der Waals surface area contributed by atoms with Crippen LogP contribution < -0.4 is 4.74 Å². The van der Waals surface area contributed by atoms with Crippen molar-refractivity contribution in [3.05, 3.63) is 52.7 Å². The molecule has 7 heteroatoms. The van der Waals surface area contributed by atoms with Crippen LogP contribution in [0.4, 0.5) is 4.39 Å². The van der Waals surface area contributed by atoms with E-state index < -0.39 is 17.8 Å². The number of benzene rings is 1. The maximum absolute atomic E-state index is 13.6. The molecule has 0 N–H and O–H groups in total. The molecule has 1 heterocycles. The van der Waals surface area contributed by atoms with Crippen molar-refractivity contribution in [3.63, 3.8) is 0 Å². The minimum absolute atomic E-state index is 0.0333. The Morgan fingerprint density at radius 2 is 1.91 bits per heavy atom. The van der Waals surface area contributed by atoms with Gasteiger partial charge in [-0.15, -0.1) is 0 Å². The van der Waals surface area contributed by atoms with E-state index in [0.29, 0.717) is 5.56 Å². The van der Waals surface area contributed by atoms with E-state index in [4.69, 9.17) is 13.9 Å². The first-order valence-corrected chi connectivity index (χ1v) is 6.64. The molecule has 6 nitrogen and oxygen atoms in total. The Hall–Kier alpha value is -2.83. The number of hydrogen-bond donors (Lipinski definition) is 0. The molecule has 0 aliphatic rings. The molecule has 0 atom stereocenters. The van der Waals surface area contributed by atoms with Gasteiger partial charge in [0, 0.05) is 5.56 Å². The standard InChI is InChI=1S/C16H15FO6/c1-9-6-11(23-14(9)16(19)21-3)8-22-15(18)10-4-5-13(20-2)12(17)7-10/h4-7H,8H2,1-3H3. The molecule has 0 spiro atoms. The van der Waals surface area contributed by atoms with E-state index in [0.717, 1.165) is 6.07 Å². The molecule has 0 saturated carbocycles. The van der Waals surface area contributed by atoms with Gasteiger partial charge in [-0.1, -0.05) is 0 Å². The fourth-order valence-corrected chi connectivity index (χ4v) is 1.93. The number of furan rings is 1. The minimum Gasteiger partial charge on any atom is -0.494 e. The number of esters is 2. The van der Waals surface area contributed by atoms with Gasteiger partial charge in [0.2, 0.25) is 5.76 Å². The molecule has 0 unspecified atom stereocenters. The second-order valence-electron chi connectivity index (χ2n) is 4.64. The normalized spacial score (nSPS) is 10.3. The lowest BCUT2D eigenvalue weighted by Crippen LogP contribution is -2.05. The molecular weight excluding hydrogens is 307 g/mol. The van der Waals surface area contributed by atoms with Gasteiger partial charge in [-0.25, -0.2) is 14.0 Å². The van der Waals surface area contributed by atoms with Crippen LogP contribution in [0.25, 0.3) is 0 Å². The smallest absolute Gasteiger partial charge is 0.374 e. The molecule has 1 aromatic heterocycles. The topological polar surface area (TPSA) is 75.0 Å². The highest BCUT2D eigenvalue weighted by atomic mass is 19.1. The third-order valence-electron chi connectivity index (χ3n) is 3.07. The fourth-order valence-electron chi connectivity index (χ4n) is 1.93. The summed E-state index contributed by atoms with van der Waals surface area (Å²) in [5, 5.41) is 0. The van der Waals surface area contributed by atoms with E-state index in [1.165, 1.54) is 26.4 Å². The van der Waals surface area contributed by atoms with Gasteiger partial charge in [0.15, 0.2) is 11.6 Å². The largest absolute Gasteiger partial charge is 0.494 e. The Labute approximate surface area is 131 Å². The summed E-state index contributed by atoms with van der Waals surface area (Å²) in [6, 6.07) is 5.30. The summed E-state index contributed by atoms with van der Waals surface area (Å²) in [5.74, 6) is -1.63. The summed E-state index contributed by atoms with van der Waals surface area (Å²) in [6.07, 6.45) is 0. The summed E-state index contributed by atoms with van der Waals surface area (Å²) in [7, 11) is 2.57. The minimum atomic E-state index is -0.722. The Bertz CT molecular complexity index is 734. The van der Waals surface area contributed by atoms with E-state index in [2.05, 4.69) is 4.74 Å². The van der Waals surface area contributed by atoms with Crippen molar-refractivity contribution in [3.8, 4) is 5.75 Å². The molecule has 23 heavy (non-hydrogen) atoms. The molecule has 0 radical (unpaired) electrons. The van der Waals surface area contributed by atoms with Crippen LogP contribution >= 0.6 is 0 Å². The summed E-state index contributed by atoms with van der Waals surface area (Å²) >= 11 is 0. The van der Waals surface area contributed by atoms with Crippen molar-refractivity contribution >= 4 is 11.9 Å². The molecular formula is C16H15FO6. The summed E-state index contributed by atoms with van der Waals surface area (Å²) in [6.45, 7) is 1.48. The van der Waals surface area contributed by atoms with Gasteiger partial charge < -0.3 is 18.6 Å². The zero-order chi connectivity index (χ0) is 17.0. The van der Waals surface area contributed by atoms with Crippen molar-refractivity contribution in [1.82, 2.24) is 0 Å². The summed E-state index contributed by atoms with van der Waals surface area (Å²) in [5.41, 5.74) is 0.609. The molecule has 0 bridgehead atoms. The van der Waals surface area contributed by atoms with Gasteiger partial charge in [-0.3, -0.25) is 0 Å². The average molecular weight is 322 g/mol. The number of halogens is 1. The van der Waals surface area contributed by atoms with E-state index in [9.17, 15) is 14.0 Å². The van der Waals surface area contributed by atoms with Crippen molar-refractivity contribution < 1.29 is 32.6 Å². The monoisotopic (exact) mass is 322 g/mol. The molecule has 0 saturated heterocycles. The number of methoxy groups -OCH3 is 2. The van der Waals surface area contributed by atoms with Crippen molar-refractivity contribution in [2.24, 2.45) is 0 Å². The third kappa shape index (κ3) is 3.68. The Morgan fingerprint density at radius 3 is 2.52 bits per heavy atom. The quantitative estimate of drug-likeness (QED) is 0.788. The van der Waals surface area contributed by atoms with E-state index in [-0.39, 0.29) is 29.4 Å². The SMILES string of the molecule is COC(=O)c1oc(COC(=O)c2ccc(OC)c(F)c2)cc1C. The zero-order valence-corrected chi connectivity index (χ0v) is 12.8. The number of hydrogen-bond acceptors (Lipinski definition) is 6. The van der Waals surface area contributed by atoms with Gasteiger partial charge in [-0.05, 0) is 31.2 Å². The van der Waals surface area contributed by atoms with E-state index >= 15 is 0 Å². The van der Waals surface area contributed by atoms with Crippen molar-refractivity contribution in [2.45, 2.75) is 13.5 Å². The average Bonchev–Trinajstić information content (AvgIpc) is 2.92. The van der Waals surface area contributed by atoms with Gasteiger partial charge in [-0.2, -0.15) is 0 Å². The number of rotatable bonds is 5. The lowest BCUT2D eigenvalue weighted by molar-refractivity contribution is 0.0437. The Kier molecular flexibility index (Phi) is 5.00. The van der Waals surface area contributed by atoms with Crippen LogP contribution in [0.3, 0.4) is 0 Å². The fraction of sp³-hybridized carbons (Fsp3) is 0.250. The molecule has 0 amide bonds. The number of aryl methyl sites for hydroxylation is 1. The Balaban J connectivity index is 2.04. The highest BCUT2D eigenvalue weighted by Gasteiger charge is 2.17. The number of carbonyl (C=O) groups is 2. The van der Waals surface area contributed by atoms with Gasteiger partial charge in [0.25, 0.3) is 0 Å². The van der Waals surface area contributed by atoms with Gasteiger partial charge in [0.05, 0.1) is 19.8 Å². The molecule has 0 aliphatic heterocycles. The van der Waals surface area contributed by atoms with Gasteiger partial charge >= 0.3 is 11.9 Å². The highest BCUT2D eigenvalue weighted by molar-refractivity contribution is 5.89. The van der Waals surface area contributed by atoms with Crippen LogP contribution in [0, 0.1) is 12.7 Å². The van der Waals surface area contributed by atoms with Gasteiger partial charge in [0.1, 0.15) is 12.4 Å². The Morgan fingerprint density at radius 1 is 1.17 bits per heavy atom. The first-order chi connectivity index (χ1) is 11.0. The maximum atomic E-state index is 13.6.